The first-order valence-electron chi connectivity index (χ1n) is 6.23. The molecule has 0 spiro atoms. The molecule has 1 unspecified atom stereocenters. The van der Waals surface area contributed by atoms with Crippen LogP contribution < -0.4 is 0 Å². The molecule has 7 heteroatoms. The highest BCUT2D eigenvalue weighted by Crippen LogP contribution is 2.18. The fraction of sp³-hybridized carbons (Fsp3) is 0.692. The first-order chi connectivity index (χ1) is 9.15. The van der Waals surface area contributed by atoms with Crippen LogP contribution in [0.1, 0.15) is 41.5 Å². The van der Waals surface area contributed by atoms with Crippen LogP contribution in [-0.2, 0) is 29.1 Å². The van der Waals surface area contributed by atoms with Crippen LogP contribution in [0, 0.1) is 5.41 Å². The molecule has 0 aromatic rings. The lowest BCUT2D eigenvalue weighted by molar-refractivity contribution is -0.422. The molecule has 0 aliphatic rings. The van der Waals surface area contributed by atoms with Crippen molar-refractivity contribution in [1.82, 2.24) is 0 Å². The Morgan fingerprint density at radius 3 is 2.20 bits per heavy atom. The van der Waals surface area contributed by atoms with Crippen molar-refractivity contribution in [3.05, 3.63) is 11.6 Å². The molecule has 0 saturated carbocycles. The third-order valence-corrected chi connectivity index (χ3v) is 1.74. The van der Waals surface area contributed by atoms with E-state index in [4.69, 9.17) is 0 Å². The fourth-order valence-corrected chi connectivity index (χ4v) is 1.15. The molecule has 116 valence electrons. The maximum atomic E-state index is 11.6. The standard InChI is InChI=1S/C13H22O7/c1-7-16-12(15)20-18-10(3)17-19-11(14)9(2)8-13(4,5)6/h8,10H,7H2,1-6H3/b9-8-. The number of ether oxygens (including phenoxy) is 1. The van der Waals surface area contributed by atoms with Crippen LogP contribution in [0.3, 0.4) is 0 Å². The van der Waals surface area contributed by atoms with E-state index >= 15 is 0 Å². The molecule has 0 aliphatic heterocycles. The number of carbonyl (C=O) groups excluding carboxylic acids is 2. The highest BCUT2D eigenvalue weighted by atomic mass is 17.3. The predicted molar refractivity (Wildman–Crippen MR) is 69.0 cm³/mol. The lowest BCUT2D eigenvalue weighted by Crippen LogP contribution is -2.20. The second-order valence-corrected chi connectivity index (χ2v) is 5.09. The minimum Gasteiger partial charge on any atom is -0.433 e. The molecule has 1 atom stereocenters. The van der Waals surface area contributed by atoms with Crippen LogP contribution in [-0.4, -0.2) is 25.0 Å². The molecule has 0 aromatic heterocycles. The van der Waals surface area contributed by atoms with Crippen LogP contribution >= 0.6 is 0 Å². The summed E-state index contributed by atoms with van der Waals surface area (Å²) in [5.41, 5.74) is 0.245. The summed E-state index contributed by atoms with van der Waals surface area (Å²) in [6.07, 6.45) is -0.330. The van der Waals surface area contributed by atoms with Crippen LogP contribution in [0.4, 0.5) is 4.79 Å². The van der Waals surface area contributed by atoms with Crippen molar-refractivity contribution in [2.75, 3.05) is 6.61 Å². The van der Waals surface area contributed by atoms with Gasteiger partial charge in [0.15, 0.2) is 0 Å². The van der Waals surface area contributed by atoms with E-state index in [0.717, 1.165) is 0 Å². The molecule has 0 N–H and O–H groups in total. The Morgan fingerprint density at radius 1 is 1.15 bits per heavy atom. The number of rotatable bonds is 6. The van der Waals surface area contributed by atoms with Gasteiger partial charge in [-0.1, -0.05) is 26.8 Å². The molecule has 0 aliphatic carbocycles. The van der Waals surface area contributed by atoms with Crippen LogP contribution in [0.15, 0.2) is 11.6 Å². The number of carbonyl (C=O) groups is 2. The first kappa shape index (κ1) is 18.4. The van der Waals surface area contributed by atoms with E-state index in [9.17, 15) is 9.59 Å². The van der Waals surface area contributed by atoms with Crippen molar-refractivity contribution in [2.24, 2.45) is 5.41 Å². The smallest absolute Gasteiger partial charge is 0.433 e. The summed E-state index contributed by atoms with van der Waals surface area (Å²) in [5.74, 6) is -0.647. The van der Waals surface area contributed by atoms with Crippen LogP contribution in [0.25, 0.3) is 0 Å². The van der Waals surface area contributed by atoms with Crippen LogP contribution in [0.5, 0.6) is 0 Å². The van der Waals surface area contributed by atoms with Gasteiger partial charge in [0, 0.05) is 5.57 Å². The highest BCUT2D eigenvalue weighted by molar-refractivity contribution is 5.87. The zero-order valence-corrected chi connectivity index (χ0v) is 12.7. The van der Waals surface area contributed by atoms with Gasteiger partial charge in [-0.05, 0) is 26.2 Å². The molecule has 0 amide bonds. The average Bonchev–Trinajstić information content (AvgIpc) is 2.31. The Bertz CT molecular complexity index is 354. The summed E-state index contributed by atoms with van der Waals surface area (Å²) < 4.78 is 4.45. The molecule has 0 aromatic carbocycles. The van der Waals surface area contributed by atoms with Gasteiger partial charge in [-0.3, -0.25) is 9.78 Å². The second-order valence-electron chi connectivity index (χ2n) is 5.09. The van der Waals surface area contributed by atoms with Gasteiger partial charge in [0.2, 0.25) is 6.29 Å². The molecule has 0 radical (unpaired) electrons. The fourth-order valence-electron chi connectivity index (χ4n) is 1.15. The molecule has 7 nitrogen and oxygen atoms in total. The van der Waals surface area contributed by atoms with Gasteiger partial charge in [0.25, 0.3) is 0 Å². The molecule has 0 heterocycles. The first-order valence-corrected chi connectivity index (χ1v) is 6.23. The van der Waals surface area contributed by atoms with Gasteiger partial charge in [0.1, 0.15) is 0 Å². The van der Waals surface area contributed by atoms with Gasteiger partial charge < -0.3 is 4.74 Å². The zero-order valence-electron chi connectivity index (χ0n) is 12.7. The Hall–Kier alpha value is -1.60. The number of hydrogen-bond donors (Lipinski definition) is 0. The molecule has 0 bridgehead atoms. The minimum absolute atomic E-state index is 0.155. The Labute approximate surface area is 118 Å². The summed E-state index contributed by atoms with van der Waals surface area (Å²) in [6.45, 7) is 10.6. The van der Waals surface area contributed by atoms with Crippen molar-refractivity contribution in [3.8, 4) is 0 Å². The summed E-state index contributed by atoms with van der Waals surface area (Å²) >= 11 is 0. The maximum Gasteiger partial charge on any atom is 0.540 e. The summed E-state index contributed by atoms with van der Waals surface area (Å²) in [5, 5.41) is 0. The van der Waals surface area contributed by atoms with Crippen LogP contribution in [0.2, 0.25) is 0 Å². The van der Waals surface area contributed by atoms with Gasteiger partial charge in [-0.15, -0.1) is 9.78 Å². The van der Waals surface area contributed by atoms with E-state index in [1.807, 2.05) is 20.8 Å². The topological polar surface area (TPSA) is 80.3 Å². The predicted octanol–water partition coefficient (Wildman–Crippen LogP) is 2.90. The summed E-state index contributed by atoms with van der Waals surface area (Å²) in [4.78, 5) is 40.3. The largest absolute Gasteiger partial charge is 0.540 e. The normalized spacial score (nSPS) is 13.6. The van der Waals surface area contributed by atoms with E-state index in [-0.39, 0.29) is 12.0 Å². The van der Waals surface area contributed by atoms with E-state index in [1.165, 1.54) is 6.92 Å². The van der Waals surface area contributed by atoms with Crippen molar-refractivity contribution in [3.63, 3.8) is 0 Å². The molecule has 0 fully saturated rings. The van der Waals surface area contributed by atoms with Gasteiger partial charge in [0.05, 0.1) is 6.61 Å². The molecule has 0 rings (SSSR count). The SMILES string of the molecule is CCOC(=O)OOC(C)OOC(=O)/C(C)=C\C(C)(C)C. The Balaban J connectivity index is 4.06. The highest BCUT2D eigenvalue weighted by Gasteiger charge is 2.16. The zero-order chi connectivity index (χ0) is 15.8. The van der Waals surface area contributed by atoms with E-state index < -0.39 is 18.4 Å². The third-order valence-electron chi connectivity index (χ3n) is 1.74. The van der Waals surface area contributed by atoms with Gasteiger partial charge >= 0.3 is 12.1 Å². The van der Waals surface area contributed by atoms with Crippen molar-refractivity contribution in [1.29, 1.82) is 0 Å². The van der Waals surface area contributed by atoms with Gasteiger partial charge in [-0.2, -0.15) is 0 Å². The lowest BCUT2D eigenvalue weighted by atomic mass is 9.94. The Kier molecular flexibility index (Phi) is 7.86. The number of hydrogen-bond acceptors (Lipinski definition) is 7. The second kappa shape index (κ2) is 8.55. The summed E-state index contributed by atoms with van der Waals surface area (Å²) in [6, 6.07) is 0. The van der Waals surface area contributed by atoms with Gasteiger partial charge in [-0.25, -0.2) is 9.59 Å². The quantitative estimate of drug-likeness (QED) is 0.244. The number of allylic oxidation sites excluding steroid dienone is 1. The Morgan fingerprint density at radius 2 is 1.70 bits per heavy atom. The average molecular weight is 290 g/mol. The van der Waals surface area contributed by atoms with E-state index in [2.05, 4.69) is 24.3 Å². The third kappa shape index (κ3) is 9.35. The molecule has 20 heavy (non-hydrogen) atoms. The molecular weight excluding hydrogens is 268 g/mol. The van der Waals surface area contributed by atoms with Crippen molar-refractivity contribution < 1.29 is 33.9 Å². The molecule has 0 saturated heterocycles. The summed E-state index contributed by atoms with van der Waals surface area (Å²) in [7, 11) is 0. The maximum absolute atomic E-state index is 11.6. The van der Waals surface area contributed by atoms with Crippen molar-refractivity contribution in [2.45, 2.75) is 47.8 Å². The molecular formula is C13H22O7. The van der Waals surface area contributed by atoms with E-state index in [0.29, 0.717) is 5.57 Å². The van der Waals surface area contributed by atoms with E-state index in [1.54, 1.807) is 19.9 Å². The monoisotopic (exact) mass is 290 g/mol. The lowest BCUT2D eigenvalue weighted by Gasteiger charge is -2.14. The van der Waals surface area contributed by atoms with Crippen molar-refractivity contribution >= 4 is 12.1 Å². The minimum atomic E-state index is -1.08.